The normalized spacial score (nSPS) is 14.0. The topological polar surface area (TPSA) is 72.3 Å². The third-order valence-corrected chi connectivity index (χ3v) is 6.21. The van der Waals surface area contributed by atoms with Crippen LogP contribution in [0, 0.1) is 6.92 Å². The second-order valence-corrected chi connectivity index (χ2v) is 8.53. The van der Waals surface area contributed by atoms with Crippen molar-refractivity contribution in [1.82, 2.24) is 14.5 Å². The third-order valence-electron chi connectivity index (χ3n) is 6.21. The van der Waals surface area contributed by atoms with E-state index >= 15 is 0 Å². The largest absolute Gasteiger partial charge is 0.486 e. The van der Waals surface area contributed by atoms with Gasteiger partial charge in [0.1, 0.15) is 17.4 Å². The number of para-hydroxylation sites is 1. The van der Waals surface area contributed by atoms with Crippen LogP contribution in [0.1, 0.15) is 23.9 Å². The maximum Gasteiger partial charge on any atom is 0.310 e. The highest BCUT2D eigenvalue weighted by Gasteiger charge is 2.42. The molecule has 35 heavy (non-hydrogen) atoms. The fraction of sp³-hybridized carbons (Fsp3) is 0.269. The molecule has 3 heterocycles. The second kappa shape index (κ2) is 8.65. The molecule has 0 bridgehead atoms. The van der Waals surface area contributed by atoms with Crippen molar-refractivity contribution in [3.05, 3.63) is 82.0 Å². The predicted octanol–water partition coefficient (Wildman–Crippen LogP) is 4.98. The number of benzene rings is 2. The van der Waals surface area contributed by atoms with Gasteiger partial charge in [-0.05, 0) is 44.2 Å². The Labute approximate surface area is 201 Å². The lowest BCUT2D eigenvalue weighted by atomic mass is 10.1. The van der Waals surface area contributed by atoms with Crippen LogP contribution < -0.4 is 20.5 Å². The quantitative estimate of drug-likeness (QED) is 0.422. The monoisotopic (exact) mass is 477 g/mol. The number of anilines is 3. The van der Waals surface area contributed by atoms with Gasteiger partial charge in [0.25, 0.3) is 5.56 Å². The molecule has 0 aliphatic carbocycles. The minimum absolute atomic E-state index is 0.0485. The Morgan fingerprint density at radius 1 is 1.14 bits per heavy atom. The van der Waals surface area contributed by atoms with Gasteiger partial charge in [-0.15, -0.1) is 0 Å². The fourth-order valence-corrected chi connectivity index (χ4v) is 4.29. The molecule has 0 spiro atoms. The first kappa shape index (κ1) is 22.8. The lowest BCUT2D eigenvalue weighted by Gasteiger charge is -2.21. The zero-order valence-corrected chi connectivity index (χ0v) is 19.7. The predicted molar refractivity (Wildman–Crippen MR) is 132 cm³/mol. The minimum atomic E-state index is -2.98. The van der Waals surface area contributed by atoms with Crippen LogP contribution in [0.5, 0.6) is 5.75 Å². The first-order valence-electron chi connectivity index (χ1n) is 11.4. The van der Waals surface area contributed by atoms with Crippen molar-refractivity contribution in [2.75, 3.05) is 23.9 Å². The first-order chi connectivity index (χ1) is 16.8. The van der Waals surface area contributed by atoms with Crippen LogP contribution in [0.15, 0.2) is 59.5 Å². The number of nitrogens with one attached hydrogen (secondary N) is 1. The van der Waals surface area contributed by atoms with Crippen molar-refractivity contribution >= 4 is 28.1 Å². The fourth-order valence-electron chi connectivity index (χ4n) is 4.29. The zero-order valence-electron chi connectivity index (χ0n) is 19.7. The Morgan fingerprint density at radius 2 is 1.94 bits per heavy atom. The summed E-state index contributed by atoms with van der Waals surface area (Å²) in [6.07, 6.45) is 1.82. The Bertz CT molecular complexity index is 1480. The van der Waals surface area contributed by atoms with Crippen LogP contribution in [-0.4, -0.2) is 28.2 Å². The van der Waals surface area contributed by atoms with Crippen LogP contribution in [0.25, 0.3) is 10.9 Å². The van der Waals surface area contributed by atoms with Gasteiger partial charge in [-0.1, -0.05) is 12.1 Å². The molecule has 0 saturated carbocycles. The van der Waals surface area contributed by atoms with E-state index in [1.807, 2.05) is 50.2 Å². The molecule has 2 aromatic carbocycles. The lowest BCUT2D eigenvalue weighted by Crippen LogP contribution is -2.20. The van der Waals surface area contributed by atoms with Gasteiger partial charge in [0.15, 0.2) is 6.61 Å². The van der Waals surface area contributed by atoms with Gasteiger partial charge in [0, 0.05) is 49.0 Å². The van der Waals surface area contributed by atoms with Gasteiger partial charge in [-0.3, -0.25) is 4.79 Å². The van der Waals surface area contributed by atoms with E-state index in [0.29, 0.717) is 23.8 Å². The number of aromatic nitrogens is 3. The molecule has 0 unspecified atom stereocenters. The molecule has 2 aromatic heterocycles. The van der Waals surface area contributed by atoms with E-state index < -0.39 is 12.5 Å². The second-order valence-electron chi connectivity index (χ2n) is 8.53. The van der Waals surface area contributed by atoms with Crippen molar-refractivity contribution < 1.29 is 13.5 Å². The van der Waals surface area contributed by atoms with Crippen molar-refractivity contribution in [3.8, 4) is 5.75 Å². The maximum atomic E-state index is 14.1. The van der Waals surface area contributed by atoms with Crippen molar-refractivity contribution in [1.29, 1.82) is 0 Å². The summed E-state index contributed by atoms with van der Waals surface area (Å²) < 4.78 is 35.1. The van der Waals surface area contributed by atoms with Crippen LogP contribution >= 0.6 is 0 Å². The van der Waals surface area contributed by atoms with E-state index in [0.717, 1.165) is 22.3 Å². The highest BCUT2D eigenvalue weighted by atomic mass is 19.3. The molecule has 0 atom stereocenters. The van der Waals surface area contributed by atoms with Gasteiger partial charge in [-0.25, -0.2) is 9.97 Å². The summed E-state index contributed by atoms with van der Waals surface area (Å²) in [5.74, 6) is -1.56. The highest BCUT2D eigenvalue weighted by molar-refractivity contribution is 5.92. The van der Waals surface area contributed by atoms with E-state index in [2.05, 4.69) is 15.3 Å². The average Bonchev–Trinajstić information content (AvgIpc) is 3.17. The molecule has 1 N–H and O–H groups in total. The Balaban J connectivity index is 1.48. The van der Waals surface area contributed by atoms with Crippen molar-refractivity contribution in [3.63, 3.8) is 0 Å². The summed E-state index contributed by atoms with van der Waals surface area (Å²) in [4.78, 5) is 23.1. The number of hydrogen-bond donors (Lipinski definition) is 1. The van der Waals surface area contributed by atoms with Gasteiger partial charge in [0.2, 0.25) is 0 Å². The molecular formula is C26H25F2N5O2. The van der Waals surface area contributed by atoms with Crippen LogP contribution in [-0.2, 0) is 19.0 Å². The van der Waals surface area contributed by atoms with Gasteiger partial charge in [-0.2, -0.15) is 8.78 Å². The lowest BCUT2D eigenvalue weighted by molar-refractivity contribution is -0.0214. The number of hydrogen-bond acceptors (Lipinski definition) is 6. The number of nitrogens with zero attached hydrogens (tertiary/aromatic N) is 4. The number of halogens is 2. The number of aryl methyl sites for hydroxylation is 2. The van der Waals surface area contributed by atoms with Gasteiger partial charge < -0.3 is 19.5 Å². The van der Waals surface area contributed by atoms with Crippen molar-refractivity contribution in [2.45, 2.75) is 32.9 Å². The average molecular weight is 478 g/mol. The number of alkyl halides is 2. The summed E-state index contributed by atoms with van der Waals surface area (Å²) in [6.45, 7) is 3.94. The smallest absolute Gasteiger partial charge is 0.310 e. The molecule has 0 fully saturated rings. The van der Waals surface area contributed by atoms with Crippen molar-refractivity contribution in [2.24, 2.45) is 0 Å². The molecule has 1 aliphatic heterocycles. The number of fused-ring (bicyclic) bond motifs is 2. The van der Waals surface area contributed by atoms with E-state index in [4.69, 9.17) is 4.74 Å². The molecule has 9 heteroatoms. The molecule has 4 aromatic rings. The SMILES string of the molecule is CCn1cc(N(C)c2ccc3nc(C)nc(NCc4cccc5c4OCC5(F)F)c3c2)ccc1=O. The van der Waals surface area contributed by atoms with E-state index in [1.54, 1.807) is 28.8 Å². The number of rotatable bonds is 6. The minimum Gasteiger partial charge on any atom is -0.486 e. The molecule has 180 valence electrons. The van der Waals surface area contributed by atoms with Gasteiger partial charge in [0.05, 0.1) is 16.8 Å². The Hall–Kier alpha value is -4.01. The summed E-state index contributed by atoms with van der Waals surface area (Å²) in [5.41, 5.74) is 3.02. The first-order valence-corrected chi connectivity index (χ1v) is 11.4. The van der Waals surface area contributed by atoms with Crippen LogP contribution in [0.3, 0.4) is 0 Å². The molecule has 1 aliphatic rings. The van der Waals surface area contributed by atoms with Gasteiger partial charge >= 0.3 is 5.92 Å². The maximum absolute atomic E-state index is 14.1. The third kappa shape index (κ3) is 4.18. The van der Waals surface area contributed by atoms with E-state index in [-0.39, 0.29) is 23.4 Å². The molecule has 5 rings (SSSR count). The summed E-state index contributed by atoms with van der Waals surface area (Å²) in [5, 5.41) is 4.09. The van der Waals surface area contributed by atoms with Crippen LogP contribution in [0.4, 0.5) is 26.0 Å². The Kier molecular flexibility index (Phi) is 5.62. The molecule has 0 saturated heterocycles. The van der Waals surface area contributed by atoms with Crippen LogP contribution in [0.2, 0.25) is 0 Å². The standard InChI is InChI=1S/C26H25F2N5O2/c1-4-33-14-19(9-11-23(33)34)32(3)18-8-10-22-20(12-18)25(31-16(2)30-22)29-13-17-6-5-7-21-24(17)35-15-26(21,27)28/h5-12,14H,4,13,15H2,1-3H3,(H,29,30,31). The summed E-state index contributed by atoms with van der Waals surface area (Å²) >= 11 is 0. The zero-order chi connectivity index (χ0) is 24.7. The number of pyridine rings is 1. The molecular weight excluding hydrogens is 452 g/mol. The molecule has 0 amide bonds. The summed E-state index contributed by atoms with van der Waals surface area (Å²) in [6, 6.07) is 14.0. The Morgan fingerprint density at radius 3 is 2.74 bits per heavy atom. The molecule has 0 radical (unpaired) electrons. The highest BCUT2D eigenvalue weighted by Crippen LogP contribution is 2.43. The van der Waals surface area contributed by atoms with E-state index in [1.165, 1.54) is 6.07 Å². The van der Waals surface area contributed by atoms with E-state index in [9.17, 15) is 13.6 Å². The summed E-state index contributed by atoms with van der Waals surface area (Å²) in [7, 11) is 1.92. The number of ether oxygens (including phenoxy) is 1. The molecule has 7 nitrogen and oxygen atoms in total.